The number of benzene rings is 1. The predicted molar refractivity (Wildman–Crippen MR) is 70.4 cm³/mol. The second kappa shape index (κ2) is 7.86. The Hall–Kier alpha value is -2.34. The predicted octanol–water partition coefficient (Wildman–Crippen LogP) is 3.10. The number of nitrogens with zero attached hydrogens (tertiary/aromatic N) is 1. The summed E-state index contributed by atoms with van der Waals surface area (Å²) in [5.41, 5.74) is 1.58. The van der Waals surface area contributed by atoms with Crippen molar-refractivity contribution in [3.8, 4) is 6.07 Å². The van der Waals surface area contributed by atoms with Crippen LogP contribution in [0.2, 0.25) is 0 Å². The van der Waals surface area contributed by atoms with Crippen molar-refractivity contribution >= 4 is 12.0 Å². The smallest absolute Gasteiger partial charge is 0.305 e. The lowest BCUT2D eigenvalue weighted by Crippen LogP contribution is -1.98. The van der Waals surface area contributed by atoms with Gasteiger partial charge in [-0.15, -0.1) is 0 Å². The fraction of sp³-hybridized carbons (Fsp3) is 0.200. The molecule has 0 heterocycles. The van der Waals surface area contributed by atoms with Crippen LogP contribution in [-0.4, -0.2) is 13.1 Å². The quantitative estimate of drug-likeness (QED) is 0.452. The number of allylic oxidation sites excluding steroid dienone is 3. The summed E-state index contributed by atoms with van der Waals surface area (Å²) in [6.45, 7) is 0. The first-order chi connectivity index (χ1) is 8.76. The van der Waals surface area contributed by atoms with Crippen molar-refractivity contribution in [1.82, 2.24) is 0 Å². The highest BCUT2D eigenvalue weighted by molar-refractivity contribution is 5.69. The Labute approximate surface area is 107 Å². The Kier molecular flexibility index (Phi) is 5.99. The normalized spacial score (nSPS) is 11.2. The van der Waals surface area contributed by atoms with E-state index in [0.29, 0.717) is 18.4 Å². The molecule has 0 aliphatic heterocycles. The molecule has 0 amide bonds. The van der Waals surface area contributed by atoms with E-state index in [1.165, 1.54) is 7.11 Å². The molecule has 0 saturated heterocycles. The van der Waals surface area contributed by atoms with Crippen molar-refractivity contribution in [2.75, 3.05) is 7.11 Å². The minimum Gasteiger partial charge on any atom is -0.469 e. The second-order valence-corrected chi connectivity index (χ2v) is 3.63. The Morgan fingerprint density at radius 1 is 1.39 bits per heavy atom. The van der Waals surface area contributed by atoms with Crippen molar-refractivity contribution in [1.29, 1.82) is 5.26 Å². The molecule has 92 valence electrons. The summed E-state index contributed by atoms with van der Waals surface area (Å²) in [4.78, 5) is 10.9. The van der Waals surface area contributed by atoms with Gasteiger partial charge < -0.3 is 4.74 Å². The summed E-state index contributed by atoms with van der Waals surface area (Å²) in [7, 11) is 1.35. The number of carbonyl (C=O) groups is 1. The SMILES string of the molecule is COC(=O)CC/C=C(C#N)/C=C/c1ccccc1. The standard InChI is InChI=1S/C15H15NO2/c1-18-15(17)9-5-8-14(12-16)11-10-13-6-3-2-4-7-13/h2-4,6-8,10-11H,5,9H2,1H3/b11-10+,14-8-. The molecule has 18 heavy (non-hydrogen) atoms. The average Bonchev–Trinajstić information content (AvgIpc) is 2.43. The van der Waals surface area contributed by atoms with Crippen LogP contribution in [-0.2, 0) is 9.53 Å². The number of nitriles is 1. The molecule has 0 radical (unpaired) electrons. The van der Waals surface area contributed by atoms with Gasteiger partial charge in [0.1, 0.15) is 0 Å². The van der Waals surface area contributed by atoms with Gasteiger partial charge in [-0.25, -0.2) is 0 Å². The van der Waals surface area contributed by atoms with Gasteiger partial charge >= 0.3 is 5.97 Å². The molecule has 3 nitrogen and oxygen atoms in total. The molecule has 0 aliphatic carbocycles. The number of ether oxygens (including phenoxy) is 1. The van der Waals surface area contributed by atoms with Crippen molar-refractivity contribution in [2.24, 2.45) is 0 Å². The van der Waals surface area contributed by atoms with Crippen molar-refractivity contribution in [3.05, 3.63) is 53.6 Å². The zero-order chi connectivity index (χ0) is 13.2. The van der Waals surface area contributed by atoms with Crippen LogP contribution in [0.15, 0.2) is 48.1 Å². The molecule has 1 aromatic rings. The maximum absolute atomic E-state index is 10.9. The highest BCUT2D eigenvalue weighted by atomic mass is 16.5. The van der Waals surface area contributed by atoms with E-state index in [4.69, 9.17) is 5.26 Å². The summed E-state index contributed by atoms with van der Waals surface area (Å²) < 4.78 is 4.53. The second-order valence-electron chi connectivity index (χ2n) is 3.63. The van der Waals surface area contributed by atoms with Gasteiger partial charge in [0.2, 0.25) is 0 Å². The van der Waals surface area contributed by atoms with Gasteiger partial charge in [0.15, 0.2) is 0 Å². The van der Waals surface area contributed by atoms with Gasteiger partial charge in [-0.05, 0) is 18.1 Å². The maximum Gasteiger partial charge on any atom is 0.305 e. The third kappa shape index (κ3) is 5.13. The first-order valence-corrected chi connectivity index (χ1v) is 5.66. The molecular formula is C15H15NO2. The average molecular weight is 241 g/mol. The van der Waals surface area contributed by atoms with Gasteiger partial charge in [0.05, 0.1) is 13.2 Å². The minimum atomic E-state index is -0.268. The fourth-order valence-corrected chi connectivity index (χ4v) is 1.35. The van der Waals surface area contributed by atoms with Gasteiger partial charge in [-0.2, -0.15) is 5.26 Å². The summed E-state index contributed by atoms with van der Waals surface area (Å²) >= 11 is 0. The molecule has 1 aromatic carbocycles. The molecule has 0 aliphatic rings. The summed E-state index contributed by atoms with van der Waals surface area (Å²) in [6.07, 6.45) is 6.14. The lowest BCUT2D eigenvalue weighted by atomic mass is 10.1. The van der Waals surface area contributed by atoms with E-state index in [2.05, 4.69) is 10.8 Å². The maximum atomic E-state index is 10.9. The van der Waals surface area contributed by atoms with Crippen LogP contribution in [0.3, 0.4) is 0 Å². The number of rotatable bonds is 5. The number of esters is 1. The number of hydrogen-bond acceptors (Lipinski definition) is 3. The third-order valence-corrected chi connectivity index (χ3v) is 2.32. The van der Waals surface area contributed by atoms with E-state index in [1.54, 1.807) is 12.2 Å². The van der Waals surface area contributed by atoms with E-state index in [0.717, 1.165) is 5.56 Å². The molecule has 0 saturated carbocycles. The molecule has 3 heteroatoms. The summed E-state index contributed by atoms with van der Waals surface area (Å²) in [6, 6.07) is 11.8. The van der Waals surface area contributed by atoms with E-state index >= 15 is 0 Å². The van der Waals surface area contributed by atoms with Gasteiger partial charge in [0.25, 0.3) is 0 Å². The van der Waals surface area contributed by atoms with E-state index in [9.17, 15) is 4.79 Å². The van der Waals surface area contributed by atoms with Gasteiger partial charge in [0, 0.05) is 12.0 Å². The molecule has 0 aromatic heterocycles. The highest BCUT2D eigenvalue weighted by Gasteiger charge is 1.97. The summed E-state index contributed by atoms with van der Waals surface area (Å²) in [5, 5.41) is 8.94. The van der Waals surface area contributed by atoms with Crippen LogP contribution in [0.5, 0.6) is 0 Å². The molecule has 0 fully saturated rings. The van der Waals surface area contributed by atoms with Crippen LogP contribution >= 0.6 is 0 Å². The molecule has 0 bridgehead atoms. The number of carbonyl (C=O) groups excluding carboxylic acids is 1. The van der Waals surface area contributed by atoms with Gasteiger partial charge in [-0.3, -0.25) is 4.79 Å². The van der Waals surface area contributed by atoms with Crippen molar-refractivity contribution in [3.63, 3.8) is 0 Å². The lowest BCUT2D eigenvalue weighted by molar-refractivity contribution is -0.140. The molecular weight excluding hydrogens is 226 g/mol. The molecule has 0 atom stereocenters. The molecule has 0 N–H and O–H groups in total. The molecule has 0 unspecified atom stereocenters. The van der Waals surface area contributed by atoms with E-state index < -0.39 is 0 Å². The van der Waals surface area contributed by atoms with Crippen molar-refractivity contribution in [2.45, 2.75) is 12.8 Å². The minimum absolute atomic E-state index is 0.268. The van der Waals surface area contributed by atoms with Crippen LogP contribution in [0.4, 0.5) is 0 Å². The zero-order valence-electron chi connectivity index (χ0n) is 10.3. The lowest BCUT2D eigenvalue weighted by Gasteiger charge is -1.95. The topological polar surface area (TPSA) is 50.1 Å². The largest absolute Gasteiger partial charge is 0.469 e. The molecule has 1 rings (SSSR count). The Morgan fingerprint density at radius 3 is 2.72 bits per heavy atom. The van der Waals surface area contributed by atoms with E-state index in [1.807, 2.05) is 36.4 Å². The van der Waals surface area contributed by atoms with Crippen LogP contribution in [0.25, 0.3) is 6.08 Å². The Morgan fingerprint density at radius 2 is 2.11 bits per heavy atom. The first kappa shape index (κ1) is 13.7. The summed E-state index contributed by atoms with van der Waals surface area (Å²) in [5.74, 6) is -0.268. The van der Waals surface area contributed by atoms with Crippen molar-refractivity contribution < 1.29 is 9.53 Å². The fourth-order valence-electron chi connectivity index (χ4n) is 1.35. The monoisotopic (exact) mass is 241 g/mol. The zero-order valence-corrected chi connectivity index (χ0v) is 10.3. The van der Waals surface area contributed by atoms with Crippen LogP contribution in [0.1, 0.15) is 18.4 Å². The number of methoxy groups -OCH3 is 1. The third-order valence-electron chi connectivity index (χ3n) is 2.32. The Bertz CT molecular complexity index is 481. The van der Waals surface area contributed by atoms with Crippen LogP contribution < -0.4 is 0 Å². The van der Waals surface area contributed by atoms with E-state index in [-0.39, 0.29) is 5.97 Å². The number of hydrogen-bond donors (Lipinski definition) is 0. The van der Waals surface area contributed by atoms with Gasteiger partial charge in [-0.1, -0.05) is 42.5 Å². The highest BCUT2D eigenvalue weighted by Crippen LogP contribution is 2.06. The molecule has 0 spiro atoms. The Balaban J connectivity index is 2.57. The first-order valence-electron chi connectivity index (χ1n) is 5.66. The van der Waals surface area contributed by atoms with Crippen LogP contribution in [0, 0.1) is 11.3 Å².